The average molecular weight is 467 g/mol. The van der Waals surface area contributed by atoms with Gasteiger partial charge < -0.3 is 10.1 Å². The van der Waals surface area contributed by atoms with Crippen molar-refractivity contribution in [3.8, 4) is 22.4 Å². The van der Waals surface area contributed by atoms with Gasteiger partial charge in [0.15, 0.2) is 0 Å². The zero-order valence-electron chi connectivity index (χ0n) is 19.4. The Labute approximate surface area is 200 Å². The Kier molecular flexibility index (Phi) is 7.15. The molecule has 174 valence electrons. The summed E-state index contributed by atoms with van der Waals surface area (Å²) in [7, 11) is 0. The molecule has 0 aliphatic heterocycles. The Morgan fingerprint density at radius 2 is 1.73 bits per heavy atom. The van der Waals surface area contributed by atoms with Gasteiger partial charge in [-0.3, -0.25) is 14.9 Å². The van der Waals surface area contributed by atoms with Gasteiger partial charge in [0, 0.05) is 46.2 Å². The molecule has 1 saturated carbocycles. The highest BCUT2D eigenvalue weighted by molar-refractivity contribution is 6.30. The van der Waals surface area contributed by atoms with Crippen LogP contribution in [0.5, 0.6) is 0 Å². The topological polar surface area (TPSA) is 79.9 Å². The quantitative estimate of drug-likeness (QED) is 0.452. The van der Waals surface area contributed by atoms with Gasteiger partial charge in [0.25, 0.3) is 0 Å². The van der Waals surface area contributed by atoms with E-state index in [0.717, 1.165) is 53.8 Å². The Bertz CT molecular complexity index is 1070. The van der Waals surface area contributed by atoms with Gasteiger partial charge >= 0.3 is 5.97 Å². The highest BCUT2D eigenvalue weighted by Gasteiger charge is 2.28. The lowest BCUT2D eigenvalue weighted by atomic mass is 9.81. The fourth-order valence-corrected chi connectivity index (χ4v) is 4.60. The van der Waals surface area contributed by atoms with Crippen LogP contribution >= 0.6 is 11.6 Å². The fourth-order valence-electron chi connectivity index (χ4n) is 4.47. The maximum absolute atomic E-state index is 12.0. The van der Waals surface area contributed by atoms with Gasteiger partial charge in [0.05, 0.1) is 6.54 Å². The lowest BCUT2D eigenvalue weighted by Gasteiger charge is -2.29. The van der Waals surface area contributed by atoms with Crippen LogP contribution in [0, 0.1) is 0 Å². The number of pyridine rings is 1. The Hall–Kier alpha value is -2.70. The van der Waals surface area contributed by atoms with Crippen LogP contribution in [-0.4, -0.2) is 39.3 Å². The van der Waals surface area contributed by atoms with Crippen LogP contribution in [0.25, 0.3) is 22.4 Å². The first-order valence-electron chi connectivity index (χ1n) is 11.5. The molecule has 3 aromatic rings. The van der Waals surface area contributed by atoms with E-state index < -0.39 is 5.60 Å². The summed E-state index contributed by atoms with van der Waals surface area (Å²) in [5.41, 5.74) is 4.90. The molecule has 6 nitrogen and oxygen atoms in total. The number of carbonyl (C=O) groups is 1. The maximum atomic E-state index is 12.0. The highest BCUT2D eigenvalue weighted by atomic mass is 35.5. The number of nitrogens with one attached hydrogen (secondary N) is 2. The number of ether oxygens (including phenoxy) is 1. The molecule has 7 heteroatoms. The highest BCUT2D eigenvalue weighted by Crippen LogP contribution is 2.41. The molecule has 1 fully saturated rings. The average Bonchev–Trinajstić information content (AvgIpc) is 3.23. The number of benzene rings is 1. The third-order valence-electron chi connectivity index (χ3n) is 5.97. The molecule has 1 aliphatic rings. The lowest BCUT2D eigenvalue weighted by Crippen LogP contribution is -2.38. The second-order valence-electron chi connectivity index (χ2n) is 9.62. The molecule has 0 saturated heterocycles. The standard InChI is InChI=1S/C26H31ClN4O2/c1-26(2,3)33-22(32)16-29-21-10-6-19(7-11-21)25-23(17-12-14-28-15-13-17)24(30-31-25)18-4-8-20(27)9-5-18/h4-5,8-9,12-15,19,21,29H,6-7,10-11,16H2,1-3H3,(H,30,31)/t19-,21+. The second kappa shape index (κ2) is 10.1. The lowest BCUT2D eigenvalue weighted by molar-refractivity contribution is -0.153. The molecule has 2 aromatic heterocycles. The largest absolute Gasteiger partial charge is 0.459 e. The van der Waals surface area contributed by atoms with Crippen molar-refractivity contribution in [2.45, 2.75) is 64.0 Å². The first-order chi connectivity index (χ1) is 15.8. The summed E-state index contributed by atoms with van der Waals surface area (Å²) < 4.78 is 5.41. The molecule has 1 aliphatic carbocycles. The summed E-state index contributed by atoms with van der Waals surface area (Å²) in [5, 5.41) is 12.1. The predicted molar refractivity (Wildman–Crippen MR) is 131 cm³/mol. The van der Waals surface area contributed by atoms with Crippen LogP contribution in [0.3, 0.4) is 0 Å². The van der Waals surface area contributed by atoms with Crippen molar-refractivity contribution in [2.24, 2.45) is 0 Å². The number of hydrogen-bond donors (Lipinski definition) is 2. The number of esters is 1. The molecule has 4 rings (SSSR count). The predicted octanol–water partition coefficient (Wildman–Crippen LogP) is 5.75. The van der Waals surface area contributed by atoms with Crippen LogP contribution in [0.15, 0.2) is 48.8 Å². The summed E-state index contributed by atoms with van der Waals surface area (Å²) in [6, 6.07) is 12.2. The summed E-state index contributed by atoms with van der Waals surface area (Å²) in [6.07, 6.45) is 7.67. The first kappa shape index (κ1) is 23.5. The maximum Gasteiger partial charge on any atom is 0.320 e. The van der Waals surface area contributed by atoms with E-state index in [1.807, 2.05) is 69.6 Å². The van der Waals surface area contributed by atoms with Crippen molar-refractivity contribution in [3.63, 3.8) is 0 Å². The first-order valence-corrected chi connectivity index (χ1v) is 11.9. The summed E-state index contributed by atoms with van der Waals surface area (Å²) in [4.78, 5) is 16.2. The van der Waals surface area contributed by atoms with Gasteiger partial charge in [-0.2, -0.15) is 5.10 Å². The van der Waals surface area contributed by atoms with Gasteiger partial charge in [-0.15, -0.1) is 0 Å². The molecule has 2 heterocycles. The zero-order valence-corrected chi connectivity index (χ0v) is 20.2. The molecule has 0 radical (unpaired) electrons. The minimum atomic E-state index is -0.456. The van der Waals surface area contributed by atoms with Gasteiger partial charge in [0.1, 0.15) is 11.3 Å². The van der Waals surface area contributed by atoms with Crippen LogP contribution in [-0.2, 0) is 9.53 Å². The number of halogens is 1. The molecule has 33 heavy (non-hydrogen) atoms. The number of aromatic amines is 1. The summed E-state index contributed by atoms with van der Waals surface area (Å²) in [5.74, 6) is 0.173. The van der Waals surface area contributed by atoms with Crippen molar-refractivity contribution in [2.75, 3.05) is 6.54 Å². The molecule has 0 bridgehead atoms. The number of carbonyl (C=O) groups excluding carboxylic acids is 1. The number of nitrogens with zero attached hydrogens (tertiary/aromatic N) is 2. The third kappa shape index (κ3) is 6.01. The molecular weight excluding hydrogens is 436 g/mol. The van der Waals surface area contributed by atoms with E-state index in [1.165, 1.54) is 0 Å². The number of aromatic nitrogens is 3. The van der Waals surface area contributed by atoms with Gasteiger partial charge in [-0.1, -0.05) is 23.7 Å². The van der Waals surface area contributed by atoms with E-state index in [9.17, 15) is 4.79 Å². The third-order valence-corrected chi connectivity index (χ3v) is 6.22. The Morgan fingerprint density at radius 3 is 2.36 bits per heavy atom. The van der Waals surface area contributed by atoms with Gasteiger partial charge in [-0.05, 0) is 76.3 Å². The molecule has 0 atom stereocenters. The van der Waals surface area contributed by atoms with Gasteiger partial charge in [-0.25, -0.2) is 0 Å². The van der Waals surface area contributed by atoms with E-state index >= 15 is 0 Å². The van der Waals surface area contributed by atoms with Crippen LogP contribution in [0.4, 0.5) is 0 Å². The normalized spacial score (nSPS) is 18.8. The van der Waals surface area contributed by atoms with E-state index in [1.54, 1.807) is 0 Å². The summed E-state index contributed by atoms with van der Waals surface area (Å²) in [6.45, 7) is 5.91. The smallest absolute Gasteiger partial charge is 0.320 e. The second-order valence-corrected chi connectivity index (χ2v) is 10.1. The summed E-state index contributed by atoms with van der Waals surface area (Å²) >= 11 is 6.10. The molecule has 2 N–H and O–H groups in total. The molecule has 0 spiro atoms. The SMILES string of the molecule is CC(C)(C)OC(=O)CN[C@H]1CC[C@@H](c2[nH]nc(-c3ccc(Cl)cc3)c2-c2ccncc2)CC1. The molecular formula is C26H31ClN4O2. The van der Waals surface area contributed by atoms with Gasteiger partial charge in [0.2, 0.25) is 0 Å². The molecule has 1 aromatic carbocycles. The van der Waals surface area contributed by atoms with E-state index in [4.69, 9.17) is 21.4 Å². The Balaban J connectivity index is 1.49. The molecule has 0 amide bonds. The van der Waals surface area contributed by atoms with Crippen LogP contribution in [0.2, 0.25) is 5.02 Å². The molecule has 0 unspecified atom stereocenters. The van der Waals surface area contributed by atoms with E-state index in [0.29, 0.717) is 17.0 Å². The number of rotatable bonds is 6. The zero-order chi connectivity index (χ0) is 23.4. The van der Waals surface area contributed by atoms with Crippen molar-refractivity contribution >= 4 is 17.6 Å². The van der Waals surface area contributed by atoms with Crippen molar-refractivity contribution < 1.29 is 9.53 Å². The van der Waals surface area contributed by atoms with Crippen molar-refractivity contribution in [1.82, 2.24) is 20.5 Å². The monoisotopic (exact) mass is 466 g/mol. The van der Waals surface area contributed by atoms with Crippen LogP contribution in [0.1, 0.15) is 58.1 Å². The Morgan fingerprint density at radius 1 is 1.06 bits per heavy atom. The van der Waals surface area contributed by atoms with Crippen molar-refractivity contribution in [1.29, 1.82) is 0 Å². The van der Waals surface area contributed by atoms with Crippen LogP contribution < -0.4 is 5.32 Å². The van der Waals surface area contributed by atoms with Crippen molar-refractivity contribution in [3.05, 3.63) is 59.5 Å². The van der Waals surface area contributed by atoms with E-state index in [-0.39, 0.29) is 12.5 Å². The minimum absolute atomic E-state index is 0.203. The van der Waals surface area contributed by atoms with E-state index in [2.05, 4.69) is 15.4 Å². The number of H-pyrrole nitrogens is 1. The number of hydrogen-bond acceptors (Lipinski definition) is 5. The fraction of sp³-hybridized carbons (Fsp3) is 0.423. The minimum Gasteiger partial charge on any atom is -0.459 e.